The van der Waals surface area contributed by atoms with Gasteiger partial charge in [-0.15, -0.1) is 0 Å². The molecule has 0 unspecified atom stereocenters. The molecular weight excluding hydrogens is 651 g/mol. The van der Waals surface area contributed by atoms with E-state index in [-0.39, 0.29) is 18.2 Å². The van der Waals surface area contributed by atoms with Gasteiger partial charge in [0.1, 0.15) is 18.0 Å². The summed E-state index contributed by atoms with van der Waals surface area (Å²) in [4.78, 5) is 12.5. The van der Waals surface area contributed by atoms with Gasteiger partial charge >= 0.3 is 5.91 Å². The topological polar surface area (TPSA) is 73.1 Å². The average Bonchev–Trinajstić information content (AvgIpc) is 3.24. The molecule has 4 rings (SSSR count). The number of benzene rings is 3. The van der Waals surface area contributed by atoms with Crippen LogP contribution < -0.4 is 14.9 Å². The Bertz CT molecular complexity index is 1400. The van der Waals surface area contributed by atoms with Crippen molar-refractivity contribution < 1.29 is 23.1 Å². The Morgan fingerprint density at radius 1 is 1.06 bits per heavy atom. The van der Waals surface area contributed by atoms with Crippen molar-refractivity contribution in [1.29, 1.82) is 0 Å². The largest absolute Gasteiger partial charge is 0.490 e. The van der Waals surface area contributed by atoms with Crippen molar-refractivity contribution in [2.45, 2.75) is 13.5 Å². The number of furan rings is 1. The van der Waals surface area contributed by atoms with Crippen molar-refractivity contribution in [1.82, 2.24) is 5.43 Å². The van der Waals surface area contributed by atoms with E-state index < -0.39 is 5.91 Å². The van der Waals surface area contributed by atoms with Crippen LogP contribution >= 0.6 is 47.8 Å². The minimum Gasteiger partial charge on any atom is -0.490 e. The molecule has 0 aliphatic carbocycles. The van der Waals surface area contributed by atoms with E-state index in [1.807, 2.05) is 19.1 Å². The molecule has 1 amide bonds. The van der Waals surface area contributed by atoms with E-state index in [4.69, 9.17) is 13.9 Å². The van der Waals surface area contributed by atoms with Gasteiger partial charge in [-0.2, -0.15) is 5.10 Å². The van der Waals surface area contributed by atoms with Crippen molar-refractivity contribution in [3.8, 4) is 11.5 Å². The SMILES string of the molecule is CCOc1cc(/C=N\NC(=O)c2cc3cc(Br)cc(Br)c3o2)cc(Br)c1OCc1ccc(F)cc1. The highest BCUT2D eigenvalue weighted by molar-refractivity contribution is 9.11. The molecule has 0 aliphatic heterocycles. The fraction of sp³-hybridized carbons (Fsp3) is 0.120. The van der Waals surface area contributed by atoms with Crippen LogP contribution in [0.5, 0.6) is 11.5 Å². The monoisotopic (exact) mass is 666 g/mol. The van der Waals surface area contributed by atoms with Gasteiger partial charge in [0, 0.05) is 9.86 Å². The van der Waals surface area contributed by atoms with Crippen LogP contribution in [0.3, 0.4) is 0 Å². The molecular formula is C25H18Br3FN2O4. The zero-order chi connectivity index (χ0) is 24.9. The minimum absolute atomic E-state index is 0.136. The average molecular weight is 669 g/mol. The van der Waals surface area contributed by atoms with Crippen LogP contribution in [0.25, 0.3) is 11.0 Å². The third kappa shape index (κ3) is 6.31. The highest BCUT2D eigenvalue weighted by Gasteiger charge is 2.15. The van der Waals surface area contributed by atoms with Gasteiger partial charge in [0.2, 0.25) is 0 Å². The lowest BCUT2D eigenvalue weighted by Gasteiger charge is -2.14. The normalized spacial score (nSPS) is 11.2. The van der Waals surface area contributed by atoms with Crippen LogP contribution in [-0.4, -0.2) is 18.7 Å². The molecule has 0 bridgehead atoms. The van der Waals surface area contributed by atoms with Crippen LogP contribution in [0.4, 0.5) is 4.39 Å². The Morgan fingerprint density at radius 3 is 2.57 bits per heavy atom. The number of rotatable bonds is 8. The molecule has 1 heterocycles. The maximum Gasteiger partial charge on any atom is 0.307 e. The van der Waals surface area contributed by atoms with Crippen LogP contribution in [0.1, 0.15) is 28.6 Å². The van der Waals surface area contributed by atoms with E-state index in [0.29, 0.717) is 33.7 Å². The predicted octanol–water partition coefficient (Wildman–Crippen LogP) is 7.60. The van der Waals surface area contributed by atoms with Gasteiger partial charge in [0.15, 0.2) is 17.3 Å². The van der Waals surface area contributed by atoms with Gasteiger partial charge in [-0.1, -0.05) is 28.1 Å². The Labute approximate surface area is 225 Å². The van der Waals surface area contributed by atoms with Gasteiger partial charge in [-0.25, -0.2) is 9.82 Å². The second kappa shape index (κ2) is 11.4. The Hall–Kier alpha value is -2.69. The molecule has 0 aliphatic rings. The molecule has 0 atom stereocenters. The molecule has 4 aromatic rings. The molecule has 10 heteroatoms. The molecule has 0 radical (unpaired) electrons. The molecule has 35 heavy (non-hydrogen) atoms. The number of nitrogens with one attached hydrogen (secondary N) is 1. The Kier molecular flexibility index (Phi) is 8.25. The molecule has 3 aromatic carbocycles. The molecule has 0 saturated heterocycles. The Morgan fingerprint density at radius 2 is 1.83 bits per heavy atom. The number of hydrogen-bond donors (Lipinski definition) is 1. The van der Waals surface area contributed by atoms with E-state index in [0.717, 1.165) is 19.9 Å². The van der Waals surface area contributed by atoms with Crippen molar-refractivity contribution in [2.24, 2.45) is 5.10 Å². The molecule has 0 fully saturated rings. The van der Waals surface area contributed by atoms with E-state index >= 15 is 0 Å². The zero-order valence-electron chi connectivity index (χ0n) is 18.3. The predicted molar refractivity (Wildman–Crippen MR) is 143 cm³/mol. The van der Waals surface area contributed by atoms with Gasteiger partial charge < -0.3 is 13.9 Å². The first-order valence-electron chi connectivity index (χ1n) is 10.4. The number of carbonyl (C=O) groups excluding carboxylic acids is 1. The van der Waals surface area contributed by atoms with Crippen LogP contribution in [0, 0.1) is 5.82 Å². The molecule has 180 valence electrons. The lowest BCUT2D eigenvalue weighted by atomic mass is 10.2. The summed E-state index contributed by atoms with van der Waals surface area (Å²) in [5.41, 5.74) is 4.53. The number of fused-ring (bicyclic) bond motifs is 1. The van der Waals surface area contributed by atoms with Gasteiger partial charge in [-0.05, 0) is 92.4 Å². The third-order valence-corrected chi connectivity index (χ3v) is 6.40. The summed E-state index contributed by atoms with van der Waals surface area (Å²) >= 11 is 10.3. The summed E-state index contributed by atoms with van der Waals surface area (Å²) in [7, 11) is 0. The standard InChI is InChI=1S/C25H18Br3FN2O4/c1-2-33-21-8-15(7-19(27)24(21)34-13-14-3-5-18(29)6-4-14)12-30-31-25(32)22-10-16-9-17(26)11-20(28)23(16)35-22/h3-12H,2,13H2,1H3,(H,31,32)/b30-12-. The molecule has 1 N–H and O–H groups in total. The Balaban J connectivity index is 1.47. The van der Waals surface area contributed by atoms with Crippen LogP contribution in [0.2, 0.25) is 0 Å². The second-order valence-corrected chi connectivity index (χ2v) is 9.92. The summed E-state index contributed by atoms with van der Waals surface area (Å²) in [6.45, 7) is 2.53. The zero-order valence-corrected chi connectivity index (χ0v) is 23.0. The van der Waals surface area contributed by atoms with Crippen molar-refractivity contribution in [3.63, 3.8) is 0 Å². The van der Waals surface area contributed by atoms with Crippen molar-refractivity contribution >= 4 is 70.9 Å². The maximum absolute atomic E-state index is 13.1. The van der Waals surface area contributed by atoms with E-state index in [9.17, 15) is 9.18 Å². The minimum atomic E-state index is -0.483. The molecule has 6 nitrogen and oxygen atoms in total. The first-order valence-corrected chi connectivity index (χ1v) is 12.8. The van der Waals surface area contributed by atoms with Crippen molar-refractivity contribution in [2.75, 3.05) is 6.61 Å². The summed E-state index contributed by atoms with van der Waals surface area (Å²) in [5, 5.41) is 4.82. The number of carbonyl (C=O) groups is 1. The maximum atomic E-state index is 13.1. The highest BCUT2D eigenvalue weighted by Crippen LogP contribution is 2.37. The van der Waals surface area contributed by atoms with E-state index in [1.165, 1.54) is 18.3 Å². The summed E-state index contributed by atoms with van der Waals surface area (Å²) in [5.74, 6) is 0.364. The lowest BCUT2D eigenvalue weighted by molar-refractivity contribution is 0.0929. The third-order valence-electron chi connectivity index (χ3n) is 4.77. The fourth-order valence-electron chi connectivity index (χ4n) is 3.21. The van der Waals surface area contributed by atoms with Gasteiger partial charge in [-0.3, -0.25) is 4.79 Å². The highest BCUT2D eigenvalue weighted by atomic mass is 79.9. The molecule has 1 aromatic heterocycles. The lowest BCUT2D eigenvalue weighted by Crippen LogP contribution is -2.16. The van der Waals surface area contributed by atoms with Gasteiger partial charge in [0.25, 0.3) is 0 Å². The number of ether oxygens (including phenoxy) is 2. The van der Waals surface area contributed by atoms with Gasteiger partial charge in [0.05, 0.1) is 21.8 Å². The van der Waals surface area contributed by atoms with E-state index in [1.54, 1.807) is 30.3 Å². The first-order chi connectivity index (χ1) is 16.8. The quantitative estimate of drug-likeness (QED) is 0.155. The number of amides is 1. The fourth-order valence-corrected chi connectivity index (χ4v) is 5.12. The van der Waals surface area contributed by atoms with Crippen LogP contribution in [0.15, 0.2) is 77.5 Å². The number of nitrogens with zero attached hydrogens (tertiary/aromatic N) is 1. The summed E-state index contributed by atoms with van der Waals surface area (Å²) in [6, 6.07) is 15.0. The summed E-state index contributed by atoms with van der Waals surface area (Å²) in [6.07, 6.45) is 1.49. The first kappa shape index (κ1) is 25.4. The molecule has 0 saturated carbocycles. The number of halogens is 4. The smallest absolute Gasteiger partial charge is 0.307 e. The number of hydrogen-bond acceptors (Lipinski definition) is 5. The molecule has 0 spiro atoms. The van der Waals surface area contributed by atoms with Crippen LogP contribution in [-0.2, 0) is 6.61 Å². The summed E-state index contributed by atoms with van der Waals surface area (Å²) < 4.78 is 32.7. The van der Waals surface area contributed by atoms with Crippen molar-refractivity contribution in [3.05, 3.63) is 90.7 Å². The van der Waals surface area contributed by atoms with E-state index in [2.05, 4.69) is 58.3 Å². The number of hydrazone groups is 1. The second-order valence-electron chi connectivity index (χ2n) is 7.29.